The lowest BCUT2D eigenvalue weighted by Gasteiger charge is -2.13. The third kappa shape index (κ3) is 2.50. The standard InChI is InChI=1S/C19H15N3O2/c23-17-10-14(9-15-11-21-18-16(15)7-4-8-20-18)19(24)22(17)12-13-5-2-1-3-6-13/h1-9,11H,10,12H2,(H,20,21)/b14-9-. The van der Waals surface area contributed by atoms with Crippen molar-refractivity contribution in [3.63, 3.8) is 0 Å². The highest BCUT2D eigenvalue weighted by Crippen LogP contribution is 2.26. The lowest BCUT2D eigenvalue weighted by Crippen LogP contribution is -2.28. The Bertz CT molecular complexity index is 957. The molecule has 1 N–H and O–H groups in total. The minimum absolute atomic E-state index is 0.138. The number of likely N-dealkylation sites (tertiary alicyclic amines) is 1. The van der Waals surface area contributed by atoms with Crippen molar-refractivity contribution in [3.8, 4) is 0 Å². The van der Waals surface area contributed by atoms with E-state index >= 15 is 0 Å². The molecular weight excluding hydrogens is 302 g/mol. The van der Waals surface area contributed by atoms with Crippen molar-refractivity contribution in [3.05, 3.63) is 71.6 Å². The molecule has 0 saturated carbocycles. The number of carbonyl (C=O) groups is 2. The second kappa shape index (κ2) is 5.77. The first-order chi connectivity index (χ1) is 11.7. The summed E-state index contributed by atoms with van der Waals surface area (Å²) >= 11 is 0. The smallest absolute Gasteiger partial charge is 0.257 e. The Balaban J connectivity index is 1.63. The molecule has 0 bridgehead atoms. The predicted molar refractivity (Wildman–Crippen MR) is 90.7 cm³/mol. The maximum absolute atomic E-state index is 12.6. The number of hydrogen-bond donors (Lipinski definition) is 1. The van der Waals surface area contributed by atoms with Crippen LogP contribution in [-0.2, 0) is 16.1 Å². The van der Waals surface area contributed by atoms with E-state index in [0.29, 0.717) is 12.1 Å². The Morgan fingerprint density at radius 3 is 2.79 bits per heavy atom. The highest BCUT2D eigenvalue weighted by atomic mass is 16.2. The molecule has 24 heavy (non-hydrogen) atoms. The molecule has 3 aromatic rings. The number of rotatable bonds is 3. The van der Waals surface area contributed by atoms with Gasteiger partial charge in [0.15, 0.2) is 0 Å². The highest BCUT2D eigenvalue weighted by molar-refractivity contribution is 6.16. The molecule has 1 fully saturated rings. The summed E-state index contributed by atoms with van der Waals surface area (Å²) in [5, 5.41) is 0.937. The summed E-state index contributed by atoms with van der Waals surface area (Å²) in [5.41, 5.74) is 3.09. The Morgan fingerprint density at radius 1 is 1.12 bits per heavy atom. The summed E-state index contributed by atoms with van der Waals surface area (Å²) in [6, 6.07) is 13.3. The summed E-state index contributed by atoms with van der Waals surface area (Å²) in [7, 11) is 0. The quantitative estimate of drug-likeness (QED) is 0.596. The molecular formula is C19H15N3O2. The zero-order valence-electron chi connectivity index (χ0n) is 12.9. The van der Waals surface area contributed by atoms with Crippen LogP contribution in [0.3, 0.4) is 0 Å². The largest absolute Gasteiger partial charge is 0.346 e. The molecule has 0 radical (unpaired) electrons. The van der Waals surface area contributed by atoms with Crippen molar-refractivity contribution in [2.75, 3.05) is 0 Å². The third-order valence-electron chi connectivity index (χ3n) is 4.16. The van der Waals surface area contributed by atoms with Crippen LogP contribution in [0.25, 0.3) is 17.1 Å². The second-order valence-electron chi connectivity index (χ2n) is 5.76. The molecule has 0 atom stereocenters. The molecule has 1 aliphatic rings. The van der Waals surface area contributed by atoms with Gasteiger partial charge in [-0.25, -0.2) is 4.98 Å². The van der Waals surface area contributed by atoms with E-state index in [0.717, 1.165) is 22.2 Å². The van der Waals surface area contributed by atoms with Crippen LogP contribution in [0.4, 0.5) is 0 Å². The van der Waals surface area contributed by atoms with E-state index in [2.05, 4.69) is 9.97 Å². The number of imide groups is 1. The van der Waals surface area contributed by atoms with Crippen LogP contribution in [0.15, 0.2) is 60.4 Å². The van der Waals surface area contributed by atoms with Gasteiger partial charge in [-0.05, 0) is 23.8 Å². The van der Waals surface area contributed by atoms with Crippen LogP contribution in [0.5, 0.6) is 0 Å². The van der Waals surface area contributed by atoms with Crippen LogP contribution in [-0.4, -0.2) is 26.7 Å². The molecule has 118 valence electrons. The first-order valence-corrected chi connectivity index (χ1v) is 7.73. The lowest BCUT2D eigenvalue weighted by atomic mass is 10.1. The zero-order chi connectivity index (χ0) is 16.5. The molecule has 2 aromatic heterocycles. The number of nitrogens with zero attached hydrogens (tertiary/aromatic N) is 2. The predicted octanol–water partition coefficient (Wildman–Crippen LogP) is 2.91. The molecule has 3 heterocycles. The minimum atomic E-state index is -0.220. The van der Waals surface area contributed by atoms with Gasteiger partial charge in [0.25, 0.3) is 5.91 Å². The van der Waals surface area contributed by atoms with Crippen molar-refractivity contribution in [1.82, 2.24) is 14.9 Å². The molecule has 2 amide bonds. The van der Waals surface area contributed by atoms with Gasteiger partial charge in [0.2, 0.25) is 5.91 Å². The minimum Gasteiger partial charge on any atom is -0.346 e. The number of pyridine rings is 1. The Labute approximate surface area is 138 Å². The molecule has 0 aliphatic carbocycles. The van der Waals surface area contributed by atoms with Gasteiger partial charge in [-0.15, -0.1) is 0 Å². The van der Waals surface area contributed by atoms with Crippen molar-refractivity contribution in [1.29, 1.82) is 0 Å². The van der Waals surface area contributed by atoms with Crippen LogP contribution in [0, 0.1) is 0 Å². The monoisotopic (exact) mass is 317 g/mol. The molecule has 1 saturated heterocycles. The fourth-order valence-corrected chi connectivity index (χ4v) is 2.94. The van der Waals surface area contributed by atoms with Crippen LogP contribution in [0.1, 0.15) is 17.5 Å². The van der Waals surface area contributed by atoms with E-state index in [9.17, 15) is 9.59 Å². The number of nitrogens with one attached hydrogen (secondary N) is 1. The zero-order valence-corrected chi connectivity index (χ0v) is 12.9. The van der Waals surface area contributed by atoms with E-state index in [4.69, 9.17) is 0 Å². The third-order valence-corrected chi connectivity index (χ3v) is 4.16. The first-order valence-electron chi connectivity index (χ1n) is 7.73. The first kappa shape index (κ1) is 14.4. The molecule has 0 unspecified atom stereocenters. The Hall–Kier alpha value is -3.21. The Morgan fingerprint density at radius 2 is 1.96 bits per heavy atom. The normalized spacial score (nSPS) is 16.5. The average Bonchev–Trinajstić information content (AvgIpc) is 3.13. The summed E-state index contributed by atoms with van der Waals surface area (Å²) < 4.78 is 0. The van der Waals surface area contributed by atoms with Gasteiger partial charge < -0.3 is 4.98 Å². The van der Waals surface area contributed by atoms with E-state index in [1.54, 1.807) is 12.3 Å². The summed E-state index contributed by atoms with van der Waals surface area (Å²) in [4.78, 5) is 33.5. The number of carbonyl (C=O) groups excluding carboxylic acids is 2. The summed E-state index contributed by atoms with van der Waals surface area (Å²) in [6.07, 6.45) is 5.44. The number of H-pyrrole nitrogens is 1. The van der Waals surface area contributed by atoms with Gasteiger partial charge in [0.05, 0.1) is 13.0 Å². The Kier molecular flexibility index (Phi) is 3.46. The number of hydrogen-bond acceptors (Lipinski definition) is 3. The molecule has 5 heteroatoms. The van der Waals surface area contributed by atoms with Gasteiger partial charge in [-0.2, -0.15) is 0 Å². The average molecular weight is 317 g/mol. The van der Waals surface area contributed by atoms with Gasteiger partial charge in [-0.1, -0.05) is 30.3 Å². The van der Waals surface area contributed by atoms with Crippen molar-refractivity contribution < 1.29 is 9.59 Å². The van der Waals surface area contributed by atoms with Crippen molar-refractivity contribution >= 4 is 28.9 Å². The summed E-state index contributed by atoms with van der Waals surface area (Å²) in [6.45, 7) is 0.311. The van der Waals surface area contributed by atoms with Crippen LogP contribution < -0.4 is 0 Å². The van der Waals surface area contributed by atoms with Gasteiger partial charge >= 0.3 is 0 Å². The number of aromatic amines is 1. The lowest BCUT2D eigenvalue weighted by molar-refractivity contribution is -0.138. The molecule has 1 aromatic carbocycles. The van der Waals surface area contributed by atoms with Crippen molar-refractivity contribution in [2.24, 2.45) is 0 Å². The van der Waals surface area contributed by atoms with Gasteiger partial charge in [0.1, 0.15) is 5.65 Å². The number of aromatic nitrogens is 2. The number of amides is 2. The molecule has 5 nitrogen and oxygen atoms in total. The molecule has 4 rings (SSSR count). The van der Waals surface area contributed by atoms with Gasteiger partial charge in [-0.3, -0.25) is 14.5 Å². The van der Waals surface area contributed by atoms with Crippen LogP contribution in [0.2, 0.25) is 0 Å². The van der Waals surface area contributed by atoms with Gasteiger partial charge in [0, 0.05) is 28.9 Å². The molecule has 0 spiro atoms. The SMILES string of the molecule is O=C1C/C(=C/c2c[nH]c3ncccc23)C(=O)N1Cc1ccccc1. The molecule has 1 aliphatic heterocycles. The summed E-state index contributed by atoms with van der Waals surface area (Å²) in [5.74, 6) is -0.379. The topological polar surface area (TPSA) is 66.1 Å². The van der Waals surface area contributed by atoms with E-state index in [1.807, 2.05) is 48.7 Å². The maximum Gasteiger partial charge on any atom is 0.257 e. The van der Waals surface area contributed by atoms with E-state index < -0.39 is 0 Å². The van der Waals surface area contributed by atoms with Crippen LogP contribution >= 0.6 is 0 Å². The fourth-order valence-electron chi connectivity index (χ4n) is 2.94. The fraction of sp³-hybridized carbons (Fsp3) is 0.105. The van der Waals surface area contributed by atoms with Crippen molar-refractivity contribution in [2.45, 2.75) is 13.0 Å². The number of fused-ring (bicyclic) bond motifs is 1. The van der Waals surface area contributed by atoms with E-state index in [1.165, 1.54) is 4.90 Å². The second-order valence-corrected chi connectivity index (χ2v) is 5.76. The van der Waals surface area contributed by atoms with E-state index in [-0.39, 0.29) is 18.2 Å². The maximum atomic E-state index is 12.6. The highest BCUT2D eigenvalue weighted by Gasteiger charge is 2.33. The number of benzene rings is 1.